The van der Waals surface area contributed by atoms with Gasteiger partial charge in [-0.05, 0) is 143 Å². The highest BCUT2D eigenvalue weighted by atomic mass is 16.6. The lowest BCUT2D eigenvalue weighted by molar-refractivity contribution is -0.173. The van der Waals surface area contributed by atoms with E-state index < -0.39 is 34.7 Å². The van der Waals surface area contributed by atoms with Crippen LogP contribution in [-0.2, 0) is 63.8 Å². The Morgan fingerprint density at radius 3 is 0.979 bits per heavy atom. The predicted molar refractivity (Wildman–Crippen MR) is 183 cm³/mol. The van der Waals surface area contributed by atoms with Gasteiger partial charge in [0, 0.05) is 0 Å². The Morgan fingerprint density at radius 1 is 0.438 bits per heavy atom. The molecule has 0 N–H and O–H groups in total. The third-order valence-corrected chi connectivity index (χ3v) is 10.0. The molecule has 0 amide bonds. The minimum Gasteiger partial charge on any atom is -0.465 e. The average molecular weight is 647 g/mol. The zero-order valence-corrected chi connectivity index (χ0v) is 27.7. The number of ether oxygens (including phenoxy) is 4. The molecule has 0 saturated carbocycles. The van der Waals surface area contributed by atoms with Crippen molar-refractivity contribution >= 4 is 67.0 Å². The molecule has 0 fully saturated rings. The lowest BCUT2D eigenvalue weighted by atomic mass is 9.84. The van der Waals surface area contributed by atoms with Crippen molar-refractivity contribution in [2.75, 3.05) is 26.4 Å². The first kappa shape index (κ1) is 31.6. The maximum atomic E-state index is 13.2. The molecule has 7 rings (SSSR count). The first-order chi connectivity index (χ1) is 23.2. The number of esters is 4. The van der Waals surface area contributed by atoms with E-state index in [-0.39, 0.29) is 52.1 Å². The average Bonchev–Trinajstić information content (AvgIpc) is 3.64. The molecular weight excluding hydrogens is 608 g/mol. The molecule has 2 aliphatic carbocycles. The Balaban J connectivity index is 1.31. The van der Waals surface area contributed by atoms with Crippen molar-refractivity contribution in [2.24, 2.45) is 10.8 Å². The summed E-state index contributed by atoms with van der Waals surface area (Å²) >= 11 is 0. The van der Waals surface area contributed by atoms with Crippen LogP contribution in [0.4, 0.5) is 0 Å². The van der Waals surface area contributed by atoms with Gasteiger partial charge in [-0.1, -0.05) is 36.4 Å². The van der Waals surface area contributed by atoms with E-state index in [4.69, 9.17) is 18.9 Å². The van der Waals surface area contributed by atoms with Gasteiger partial charge >= 0.3 is 23.9 Å². The van der Waals surface area contributed by atoms with Gasteiger partial charge in [0.2, 0.25) is 0 Å². The van der Waals surface area contributed by atoms with E-state index in [1.165, 1.54) is 0 Å². The Labute approximate surface area is 278 Å². The SMILES string of the molecule is CCOC(=O)C1(C(=O)OCC)Cc2cc3cc4ccc5cc6cc7c(cc6cc5c4cc3cc2C1)CC(C(=O)OCC)(C(=O)OCC)C7. The fourth-order valence-electron chi connectivity index (χ4n) is 7.75. The van der Waals surface area contributed by atoms with Crippen LogP contribution in [0, 0.1) is 10.8 Å². The van der Waals surface area contributed by atoms with Gasteiger partial charge in [0.25, 0.3) is 0 Å². The lowest BCUT2D eigenvalue weighted by Crippen LogP contribution is -2.43. The summed E-state index contributed by atoms with van der Waals surface area (Å²) in [6.45, 7) is 7.69. The molecule has 246 valence electrons. The van der Waals surface area contributed by atoms with Crippen molar-refractivity contribution in [2.45, 2.75) is 53.4 Å². The molecule has 0 saturated heterocycles. The molecular formula is C40H38O8. The fraction of sp³-hybridized carbons (Fsp3) is 0.350. The van der Waals surface area contributed by atoms with Gasteiger partial charge in [0.15, 0.2) is 10.8 Å². The number of hydrogen-bond acceptors (Lipinski definition) is 8. The van der Waals surface area contributed by atoms with Crippen LogP contribution in [0.2, 0.25) is 0 Å². The van der Waals surface area contributed by atoms with Gasteiger partial charge in [-0.3, -0.25) is 19.2 Å². The number of carbonyl (C=O) groups is 4. The van der Waals surface area contributed by atoms with E-state index in [1.807, 2.05) is 0 Å². The Kier molecular flexibility index (Phi) is 7.85. The second-order valence-corrected chi connectivity index (χ2v) is 12.9. The summed E-state index contributed by atoms with van der Waals surface area (Å²) in [6, 6.07) is 21.2. The third kappa shape index (κ3) is 4.88. The molecule has 0 heterocycles. The van der Waals surface area contributed by atoms with Crippen molar-refractivity contribution in [3.8, 4) is 0 Å². The van der Waals surface area contributed by atoms with Crippen LogP contribution in [0.3, 0.4) is 0 Å². The quantitative estimate of drug-likeness (QED) is 0.0602. The van der Waals surface area contributed by atoms with Crippen molar-refractivity contribution < 1.29 is 38.1 Å². The van der Waals surface area contributed by atoms with Gasteiger partial charge in [-0.2, -0.15) is 0 Å². The first-order valence-electron chi connectivity index (χ1n) is 16.7. The molecule has 0 radical (unpaired) electrons. The van der Waals surface area contributed by atoms with Crippen LogP contribution in [0.5, 0.6) is 0 Å². The molecule has 0 aliphatic heterocycles. The third-order valence-electron chi connectivity index (χ3n) is 10.0. The highest BCUT2D eigenvalue weighted by molar-refractivity contribution is 6.16. The highest BCUT2D eigenvalue weighted by Gasteiger charge is 2.54. The zero-order chi connectivity index (χ0) is 33.8. The number of hydrogen-bond donors (Lipinski definition) is 0. The number of benzene rings is 5. The molecule has 5 aromatic rings. The van der Waals surface area contributed by atoms with Gasteiger partial charge < -0.3 is 18.9 Å². The molecule has 8 heteroatoms. The highest BCUT2D eigenvalue weighted by Crippen LogP contribution is 2.44. The van der Waals surface area contributed by atoms with Gasteiger partial charge in [-0.25, -0.2) is 0 Å². The standard InChI is InChI=1S/C40H38O8/c1-5-45-35(41)39(36(42)46-6-2)19-29-13-25-11-23-9-10-24-12-26-14-30-20-40(37(43)47-7-3,38(44)48-8-4)22-32(30)16-28(26)18-34(24)33(23)17-27(25)15-31(29)21-39/h9-18H,5-8,19-22H2,1-4H3. The van der Waals surface area contributed by atoms with Crippen LogP contribution < -0.4 is 0 Å². The van der Waals surface area contributed by atoms with E-state index in [2.05, 4.69) is 60.7 Å². The maximum Gasteiger partial charge on any atom is 0.324 e. The summed E-state index contributed by atoms with van der Waals surface area (Å²) in [5.74, 6) is -2.17. The lowest BCUT2D eigenvalue weighted by Gasteiger charge is -2.23. The molecule has 0 atom stereocenters. The van der Waals surface area contributed by atoms with Crippen molar-refractivity contribution in [1.29, 1.82) is 0 Å². The van der Waals surface area contributed by atoms with Crippen LogP contribution in [0.15, 0.2) is 60.7 Å². The molecule has 0 unspecified atom stereocenters. The van der Waals surface area contributed by atoms with Crippen LogP contribution in [0.1, 0.15) is 49.9 Å². The number of fused-ring (bicyclic) bond motifs is 7. The smallest absolute Gasteiger partial charge is 0.324 e. The van der Waals surface area contributed by atoms with Crippen LogP contribution in [-0.4, -0.2) is 50.3 Å². The number of rotatable bonds is 8. The minimum absolute atomic E-state index is 0.186. The van der Waals surface area contributed by atoms with Gasteiger partial charge in [0.1, 0.15) is 0 Å². The Hall–Kier alpha value is -4.98. The summed E-state index contributed by atoms with van der Waals surface area (Å²) in [5.41, 5.74) is 1.02. The van der Waals surface area contributed by atoms with E-state index in [1.54, 1.807) is 27.7 Å². The molecule has 0 spiro atoms. The van der Waals surface area contributed by atoms with E-state index in [0.29, 0.717) is 0 Å². The normalized spacial score (nSPS) is 15.8. The summed E-state index contributed by atoms with van der Waals surface area (Å²) in [5, 5.41) is 8.37. The van der Waals surface area contributed by atoms with Gasteiger partial charge in [-0.15, -0.1) is 0 Å². The van der Waals surface area contributed by atoms with Crippen molar-refractivity contribution in [3.05, 3.63) is 82.9 Å². The maximum absolute atomic E-state index is 13.2. The Morgan fingerprint density at radius 2 is 0.708 bits per heavy atom. The Bertz CT molecular complexity index is 1990. The van der Waals surface area contributed by atoms with Crippen molar-refractivity contribution in [1.82, 2.24) is 0 Å². The summed E-state index contributed by atoms with van der Waals surface area (Å²) in [4.78, 5) is 52.6. The summed E-state index contributed by atoms with van der Waals surface area (Å²) in [6.07, 6.45) is 0.960. The fourth-order valence-corrected chi connectivity index (χ4v) is 7.75. The summed E-state index contributed by atoms with van der Waals surface area (Å²) in [7, 11) is 0. The van der Waals surface area contributed by atoms with E-state index in [9.17, 15) is 19.2 Å². The molecule has 2 aliphatic rings. The van der Waals surface area contributed by atoms with E-state index >= 15 is 0 Å². The van der Waals surface area contributed by atoms with Gasteiger partial charge in [0.05, 0.1) is 26.4 Å². The molecule has 0 bridgehead atoms. The molecule has 48 heavy (non-hydrogen) atoms. The molecule has 8 nitrogen and oxygen atoms in total. The number of carbonyl (C=O) groups excluding carboxylic acids is 4. The van der Waals surface area contributed by atoms with Crippen LogP contribution >= 0.6 is 0 Å². The predicted octanol–water partition coefficient (Wildman–Crippen LogP) is 6.72. The van der Waals surface area contributed by atoms with Crippen LogP contribution in [0.25, 0.3) is 43.1 Å². The topological polar surface area (TPSA) is 105 Å². The second-order valence-electron chi connectivity index (χ2n) is 12.9. The minimum atomic E-state index is -1.38. The van der Waals surface area contributed by atoms with Crippen molar-refractivity contribution in [3.63, 3.8) is 0 Å². The van der Waals surface area contributed by atoms with E-state index in [0.717, 1.165) is 65.3 Å². The summed E-state index contributed by atoms with van der Waals surface area (Å²) < 4.78 is 21.5. The second kappa shape index (κ2) is 11.9. The molecule has 0 aromatic heterocycles. The monoisotopic (exact) mass is 646 g/mol. The molecule has 5 aromatic carbocycles. The zero-order valence-electron chi connectivity index (χ0n) is 27.7. The largest absolute Gasteiger partial charge is 0.465 e. The first-order valence-corrected chi connectivity index (χ1v) is 16.7.